The molecule has 4 aromatic rings. The minimum Gasteiger partial charge on any atom is -0.496 e. The Labute approximate surface area is 173 Å². The van der Waals surface area contributed by atoms with E-state index in [0.717, 1.165) is 28.1 Å². The van der Waals surface area contributed by atoms with Crippen LogP contribution in [0.2, 0.25) is 0 Å². The number of aromatic amines is 1. The number of hydrogen-bond acceptors (Lipinski definition) is 6. The molecule has 0 aliphatic heterocycles. The molecule has 0 bridgehead atoms. The first kappa shape index (κ1) is 21.6. The maximum absolute atomic E-state index is 10.6. The average Bonchev–Trinajstić information content (AvgIpc) is 3.17. The van der Waals surface area contributed by atoms with Crippen molar-refractivity contribution in [1.29, 1.82) is 0 Å². The zero-order valence-corrected chi connectivity index (χ0v) is 16.0. The molecular weight excluding hydrogens is 415 g/mol. The molecule has 8 nitrogen and oxygen atoms in total. The number of para-hydroxylation sites is 2. The van der Waals surface area contributed by atoms with Gasteiger partial charge in [-0.05, 0) is 24.3 Å². The molecule has 0 aliphatic carbocycles. The Hall–Kier alpha value is -4.15. The Morgan fingerprint density at radius 2 is 1.74 bits per heavy atom. The molecule has 2 aromatic carbocycles. The Morgan fingerprint density at radius 1 is 1.10 bits per heavy atom. The Morgan fingerprint density at radius 3 is 2.39 bits per heavy atom. The molecule has 2 aromatic heterocycles. The summed E-state index contributed by atoms with van der Waals surface area (Å²) >= 11 is 0. The van der Waals surface area contributed by atoms with Crippen molar-refractivity contribution < 1.29 is 27.8 Å². The standard InChI is InChI=1S/C18H15N5O.C2HF3O2/c1-24-15-10-6-5-9-13(15)16-14-11-19-18(21-17(14)23-22-16)20-12-7-3-2-4-8-12;3-2(4,5)1(6)7/h2-11H,1H3,(H2,19,20,21,22,23);(H,6,7). The molecule has 4 rings (SSSR count). The highest BCUT2D eigenvalue weighted by molar-refractivity contribution is 5.92. The number of alkyl halides is 3. The van der Waals surface area contributed by atoms with Crippen LogP contribution >= 0.6 is 0 Å². The fourth-order valence-corrected chi connectivity index (χ4v) is 2.57. The summed E-state index contributed by atoms with van der Waals surface area (Å²) in [6.45, 7) is 0. The predicted molar refractivity (Wildman–Crippen MR) is 107 cm³/mol. The number of nitrogens with zero attached hydrogens (tertiary/aromatic N) is 3. The molecule has 0 fully saturated rings. The minimum atomic E-state index is -5.08. The Bertz CT molecular complexity index is 1180. The van der Waals surface area contributed by atoms with Gasteiger partial charge in [-0.2, -0.15) is 23.3 Å². The van der Waals surface area contributed by atoms with Crippen molar-refractivity contribution in [3.63, 3.8) is 0 Å². The van der Waals surface area contributed by atoms with Gasteiger partial charge in [0.05, 0.1) is 18.2 Å². The molecule has 0 atom stereocenters. The number of nitrogens with one attached hydrogen (secondary N) is 2. The SMILES string of the molecule is COc1ccccc1-c1[nH]nc2nc(Nc3ccccc3)ncc12.O=C(O)C(F)(F)F. The maximum Gasteiger partial charge on any atom is 0.490 e. The molecule has 0 radical (unpaired) electrons. The highest BCUT2D eigenvalue weighted by Crippen LogP contribution is 2.32. The summed E-state index contributed by atoms with van der Waals surface area (Å²) in [4.78, 5) is 17.8. The van der Waals surface area contributed by atoms with Gasteiger partial charge in [-0.1, -0.05) is 30.3 Å². The second-order valence-corrected chi connectivity index (χ2v) is 6.02. The molecule has 0 amide bonds. The van der Waals surface area contributed by atoms with Crippen LogP contribution < -0.4 is 10.1 Å². The van der Waals surface area contributed by atoms with Gasteiger partial charge in [-0.3, -0.25) is 5.10 Å². The predicted octanol–water partition coefficient (Wildman–Crippen LogP) is 4.41. The third-order valence-corrected chi connectivity index (χ3v) is 3.96. The summed E-state index contributed by atoms with van der Waals surface area (Å²) in [5.74, 6) is -1.48. The monoisotopic (exact) mass is 431 g/mol. The smallest absolute Gasteiger partial charge is 0.490 e. The van der Waals surface area contributed by atoms with Crippen LogP contribution in [-0.4, -0.2) is 44.5 Å². The number of methoxy groups -OCH3 is 1. The quantitative estimate of drug-likeness (QED) is 0.439. The number of carboxylic acids is 1. The van der Waals surface area contributed by atoms with E-state index in [2.05, 4.69) is 25.5 Å². The van der Waals surface area contributed by atoms with E-state index in [0.29, 0.717) is 11.6 Å². The van der Waals surface area contributed by atoms with Gasteiger partial charge in [0.15, 0.2) is 5.65 Å². The van der Waals surface area contributed by atoms with Crippen molar-refractivity contribution in [1.82, 2.24) is 20.2 Å². The summed E-state index contributed by atoms with van der Waals surface area (Å²) in [6, 6.07) is 17.6. The number of aromatic nitrogens is 4. The summed E-state index contributed by atoms with van der Waals surface area (Å²) < 4.78 is 37.2. The molecular formula is C20H16F3N5O3. The van der Waals surface area contributed by atoms with Crippen LogP contribution in [0.5, 0.6) is 5.75 Å². The van der Waals surface area contributed by atoms with Gasteiger partial charge in [0.25, 0.3) is 0 Å². The number of halogens is 3. The Balaban J connectivity index is 0.000000339. The number of ether oxygens (including phenoxy) is 1. The topological polar surface area (TPSA) is 113 Å². The number of hydrogen-bond donors (Lipinski definition) is 3. The van der Waals surface area contributed by atoms with Gasteiger partial charge in [-0.15, -0.1) is 0 Å². The third-order valence-electron chi connectivity index (χ3n) is 3.96. The summed E-state index contributed by atoms with van der Waals surface area (Å²) in [5.41, 5.74) is 3.30. The molecule has 2 heterocycles. The maximum atomic E-state index is 10.6. The first-order valence-electron chi connectivity index (χ1n) is 8.76. The zero-order chi connectivity index (χ0) is 22.4. The number of carbonyl (C=O) groups is 1. The van der Waals surface area contributed by atoms with E-state index in [-0.39, 0.29) is 0 Å². The van der Waals surface area contributed by atoms with Gasteiger partial charge in [0.1, 0.15) is 5.75 Å². The minimum absolute atomic E-state index is 0.506. The molecule has 11 heteroatoms. The van der Waals surface area contributed by atoms with E-state index in [1.807, 2.05) is 54.6 Å². The van der Waals surface area contributed by atoms with Crippen LogP contribution in [-0.2, 0) is 4.79 Å². The highest BCUT2D eigenvalue weighted by atomic mass is 19.4. The highest BCUT2D eigenvalue weighted by Gasteiger charge is 2.38. The van der Waals surface area contributed by atoms with Crippen molar-refractivity contribution in [2.75, 3.05) is 12.4 Å². The Kier molecular flexibility index (Phi) is 6.34. The summed E-state index contributed by atoms with van der Waals surface area (Å²) in [6.07, 6.45) is -3.32. The first-order valence-corrected chi connectivity index (χ1v) is 8.76. The van der Waals surface area contributed by atoms with E-state index in [1.165, 1.54) is 0 Å². The van der Waals surface area contributed by atoms with Crippen molar-refractivity contribution in [2.24, 2.45) is 0 Å². The molecule has 3 N–H and O–H groups in total. The van der Waals surface area contributed by atoms with E-state index in [4.69, 9.17) is 14.6 Å². The third kappa shape index (κ3) is 5.26. The van der Waals surface area contributed by atoms with Gasteiger partial charge >= 0.3 is 12.1 Å². The van der Waals surface area contributed by atoms with Gasteiger partial charge in [0, 0.05) is 17.4 Å². The molecule has 160 valence electrons. The molecule has 0 unspecified atom stereocenters. The van der Waals surface area contributed by atoms with E-state index in [9.17, 15) is 13.2 Å². The number of H-pyrrole nitrogens is 1. The van der Waals surface area contributed by atoms with Crippen molar-refractivity contribution >= 4 is 28.6 Å². The lowest BCUT2D eigenvalue weighted by atomic mass is 10.1. The van der Waals surface area contributed by atoms with Crippen LogP contribution in [0.15, 0.2) is 60.8 Å². The summed E-state index contributed by atoms with van der Waals surface area (Å²) in [7, 11) is 1.65. The van der Waals surface area contributed by atoms with Crippen LogP contribution in [0.4, 0.5) is 24.8 Å². The van der Waals surface area contributed by atoms with Crippen molar-refractivity contribution in [3.8, 4) is 17.0 Å². The van der Waals surface area contributed by atoms with Crippen LogP contribution in [0, 0.1) is 0 Å². The number of benzene rings is 2. The second kappa shape index (κ2) is 9.11. The molecule has 31 heavy (non-hydrogen) atoms. The van der Waals surface area contributed by atoms with E-state index < -0.39 is 12.1 Å². The second-order valence-electron chi connectivity index (χ2n) is 6.02. The van der Waals surface area contributed by atoms with Gasteiger partial charge in [0.2, 0.25) is 5.95 Å². The van der Waals surface area contributed by atoms with Gasteiger partial charge < -0.3 is 15.2 Å². The molecule has 0 spiro atoms. The lowest BCUT2D eigenvalue weighted by Gasteiger charge is -2.06. The molecule has 0 aliphatic rings. The van der Waals surface area contributed by atoms with Crippen LogP contribution in [0.3, 0.4) is 0 Å². The fraction of sp³-hybridized carbons (Fsp3) is 0.100. The lowest BCUT2D eigenvalue weighted by molar-refractivity contribution is -0.192. The normalized spacial score (nSPS) is 10.8. The molecule has 0 saturated carbocycles. The number of fused-ring (bicyclic) bond motifs is 1. The number of carboxylic acid groups (broad SMARTS) is 1. The fourth-order valence-electron chi connectivity index (χ4n) is 2.57. The van der Waals surface area contributed by atoms with Gasteiger partial charge in [-0.25, -0.2) is 9.78 Å². The van der Waals surface area contributed by atoms with Crippen LogP contribution in [0.1, 0.15) is 0 Å². The largest absolute Gasteiger partial charge is 0.496 e. The van der Waals surface area contributed by atoms with Crippen molar-refractivity contribution in [2.45, 2.75) is 6.18 Å². The number of anilines is 2. The van der Waals surface area contributed by atoms with Crippen LogP contribution in [0.25, 0.3) is 22.3 Å². The lowest BCUT2D eigenvalue weighted by Crippen LogP contribution is -2.21. The number of rotatable bonds is 4. The van der Waals surface area contributed by atoms with E-state index >= 15 is 0 Å². The first-order chi connectivity index (χ1) is 14.8. The van der Waals surface area contributed by atoms with E-state index in [1.54, 1.807) is 13.3 Å². The average molecular weight is 431 g/mol. The number of aliphatic carboxylic acids is 1. The summed E-state index contributed by atoms with van der Waals surface area (Å²) in [5, 5.41) is 18.5. The zero-order valence-electron chi connectivity index (χ0n) is 16.0. The molecule has 0 saturated heterocycles. The van der Waals surface area contributed by atoms with Crippen molar-refractivity contribution in [3.05, 3.63) is 60.8 Å².